The van der Waals surface area contributed by atoms with Gasteiger partial charge in [-0.3, -0.25) is 4.68 Å². The van der Waals surface area contributed by atoms with Crippen LogP contribution in [0.3, 0.4) is 0 Å². The zero-order valence-corrected chi connectivity index (χ0v) is 10.2. The summed E-state index contributed by atoms with van der Waals surface area (Å²) in [4.78, 5) is 0. The second-order valence-corrected chi connectivity index (χ2v) is 4.72. The average molecular weight is 253 g/mol. The molecule has 14 heavy (non-hydrogen) atoms. The van der Waals surface area contributed by atoms with Gasteiger partial charge in [-0.1, -0.05) is 13.8 Å². The Morgan fingerprint density at radius 1 is 1.36 bits per heavy atom. The van der Waals surface area contributed by atoms with Crippen molar-refractivity contribution < 1.29 is 0 Å². The molecule has 0 aliphatic carbocycles. The Labute approximate surface area is 92.0 Å². The van der Waals surface area contributed by atoms with Crippen LogP contribution in [0.25, 0.3) is 10.9 Å². The van der Waals surface area contributed by atoms with E-state index in [0.29, 0.717) is 5.92 Å². The van der Waals surface area contributed by atoms with Crippen molar-refractivity contribution in [1.82, 2.24) is 9.78 Å². The van der Waals surface area contributed by atoms with Gasteiger partial charge in [0.15, 0.2) is 0 Å². The third-order valence-electron chi connectivity index (χ3n) is 2.48. The number of rotatable bonds is 1. The summed E-state index contributed by atoms with van der Waals surface area (Å²) >= 11 is 3.59. The molecule has 0 aliphatic rings. The van der Waals surface area contributed by atoms with Gasteiger partial charge < -0.3 is 0 Å². The molecule has 0 aliphatic heterocycles. The Kier molecular flexibility index (Phi) is 2.35. The molecule has 0 radical (unpaired) electrons. The highest BCUT2D eigenvalue weighted by Crippen LogP contribution is 2.28. The summed E-state index contributed by atoms with van der Waals surface area (Å²) in [5.41, 5.74) is 2.51. The number of hydrogen-bond acceptors (Lipinski definition) is 1. The number of aromatic nitrogens is 2. The van der Waals surface area contributed by atoms with Crippen LogP contribution in [-0.4, -0.2) is 9.78 Å². The molecule has 0 amide bonds. The fourth-order valence-corrected chi connectivity index (χ4v) is 2.37. The summed E-state index contributed by atoms with van der Waals surface area (Å²) in [6.07, 6.45) is 1.91. The smallest absolute Gasteiger partial charge is 0.0821 e. The minimum Gasteiger partial charge on any atom is -0.267 e. The molecule has 74 valence electrons. The van der Waals surface area contributed by atoms with Crippen LogP contribution in [0.5, 0.6) is 0 Å². The molecule has 3 heteroatoms. The van der Waals surface area contributed by atoms with Crippen LogP contribution < -0.4 is 0 Å². The predicted molar refractivity (Wildman–Crippen MR) is 62.5 cm³/mol. The Balaban J connectivity index is 2.74. The van der Waals surface area contributed by atoms with Crippen LogP contribution in [0.2, 0.25) is 0 Å². The Morgan fingerprint density at radius 2 is 2.07 bits per heavy atom. The van der Waals surface area contributed by atoms with E-state index < -0.39 is 0 Å². The highest BCUT2D eigenvalue weighted by molar-refractivity contribution is 9.10. The van der Waals surface area contributed by atoms with Crippen LogP contribution in [0, 0.1) is 0 Å². The van der Waals surface area contributed by atoms with Crippen LogP contribution in [-0.2, 0) is 7.05 Å². The number of benzene rings is 1. The molecular formula is C11H13BrN2. The van der Waals surface area contributed by atoms with Gasteiger partial charge in [0, 0.05) is 16.9 Å². The maximum atomic E-state index is 4.24. The van der Waals surface area contributed by atoms with Crippen molar-refractivity contribution in [3.05, 3.63) is 28.4 Å². The first kappa shape index (κ1) is 9.71. The first-order chi connectivity index (χ1) is 6.59. The van der Waals surface area contributed by atoms with Crippen molar-refractivity contribution in [3.8, 4) is 0 Å². The Hall–Kier alpha value is -0.830. The lowest BCUT2D eigenvalue weighted by Crippen LogP contribution is -1.92. The lowest BCUT2D eigenvalue weighted by molar-refractivity contribution is 0.795. The fraction of sp³-hybridized carbons (Fsp3) is 0.364. The van der Waals surface area contributed by atoms with Crippen LogP contribution in [0.1, 0.15) is 25.3 Å². The second-order valence-electron chi connectivity index (χ2n) is 3.86. The molecule has 0 atom stereocenters. The Morgan fingerprint density at radius 3 is 2.71 bits per heavy atom. The molecule has 0 unspecified atom stereocenters. The number of nitrogens with zero attached hydrogens (tertiary/aromatic N) is 2. The van der Waals surface area contributed by atoms with Gasteiger partial charge in [-0.25, -0.2) is 0 Å². The third-order valence-corrected chi connectivity index (χ3v) is 3.08. The summed E-state index contributed by atoms with van der Waals surface area (Å²) < 4.78 is 3.02. The topological polar surface area (TPSA) is 17.8 Å². The van der Waals surface area contributed by atoms with E-state index in [2.05, 4.69) is 47.0 Å². The lowest BCUT2D eigenvalue weighted by Gasteiger charge is -2.07. The molecule has 0 saturated heterocycles. The average Bonchev–Trinajstić information content (AvgIpc) is 2.48. The van der Waals surface area contributed by atoms with Crippen LogP contribution >= 0.6 is 15.9 Å². The lowest BCUT2D eigenvalue weighted by atomic mass is 10.0. The monoisotopic (exact) mass is 252 g/mol. The van der Waals surface area contributed by atoms with E-state index in [1.54, 1.807) is 0 Å². The van der Waals surface area contributed by atoms with Crippen molar-refractivity contribution in [1.29, 1.82) is 0 Å². The number of fused-ring (bicyclic) bond motifs is 1. The van der Waals surface area contributed by atoms with Gasteiger partial charge in [-0.2, -0.15) is 5.10 Å². The number of halogens is 1. The predicted octanol–water partition coefficient (Wildman–Crippen LogP) is 3.46. The number of aryl methyl sites for hydroxylation is 1. The van der Waals surface area contributed by atoms with Gasteiger partial charge in [-0.05, 0) is 39.5 Å². The minimum absolute atomic E-state index is 0.552. The Bertz CT molecular complexity index is 471. The second kappa shape index (κ2) is 3.39. The van der Waals surface area contributed by atoms with E-state index in [-0.39, 0.29) is 0 Å². The van der Waals surface area contributed by atoms with Crippen molar-refractivity contribution in [2.45, 2.75) is 19.8 Å². The van der Waals surface area contributed by atoms with E-state index in [9.17, 15) is 0 Å². The summed E-state index contributed by atoms with van der Waals surface area (Å²) in [7, 11) is 1.96. The highest BCUT2D eigenvalue weighted by atomic mass is 79.9. The summed E-state index contributed by atoms with van der Waals surface area (Å²) in [5.74, 6) is 0.552. The van der Waals surface area contributed by atoms with E-state index in [1.807, 2.05) is 17.9 Å². The molecule has 1 aromatic heterocycles. The molecule has 0 N–H and O–H groups in total. The summed E-state index contributed by atoms with van der Waals surface area (Å²) in [5, 5.41) is 5.44. The first-order valence-electron chi connectivity index (χ1n) is 4.70. The van der Waals surface area contributed by atoms with Crippen molar-refractivity contribution in [2.24, 2.45) is 7.05 Å². The quantitative estimate of drug-likeness (QED) is 0.761. The maximum Gasteiger partial charge on any atom is 0.0821 e. The molecule has 2 nitrogen and oxygen atoms in total. The summed E-state index contributed by atoms with van der Waals surface area (Å²) in [6, 6.07) is 4.38. The van der Waals surface area contributed by atoms with E-state index >= 15 is 0 Å². The standard InChI is InChI=1S/C11H13BrN2/c1-7(2)8-4-9-6-13-14(3)11(9)10(12)5-8/h4-7H,1-3H3. The van der Waals surface area contributed by atoms with E-state index in [0.717, 1.165) is 9.99 Å². The minimum atomic E-state index is 0.552. The largest absolute Gasteiger partial charge is 0.267 e. The normalized spacial score (nSPS) is 11.5. The third kappa shape index (κ3) is 1.46. The van der Waals surface area contributed by atoms with Crippen molar-refractivity contribution in [2.75, 3.05) is 0 Å². The number of hydrogen-bond donors (Lipinski definition) is 0. The van der Waals surface area contributed by atoms with Crippen molar-refractivity contribution >= 4 is 26.8 Å². The molecule has 2 rings (SSSR count). The first-order valence-corrected chi connectivity index (χ1v) is 5.50. The fourth-order valence-electron chi connectivity index (χ4n) is 1.62. The van der Waals surface area contributed by atoms with Crippen LogP contribution in [0.4, 0.5) is 0 Å². The zero-order chi connectivity index (χ0) is 10.3. The molecule has 0 bridgehead atoms. The molecular weight excluding hydrogens is 240 g/mol. The molecule has 2 aromatic rings. The van der Waals surface area contributed by atoms with E-state index in [1.165, 1.54) is 10.9 Å². The molecule has 1 aromatic carbocycles. The van der Waals surface area contributed by atoms with Gasteiger partial charge in [0.2, 0.25) is 0 Å². The summed E-state index contributed by atoms with van der Waals surface area (Å²) in [6.45, 7) is 4.40. The molecule has 0 saturated carbocycles. The van der Waals surface area contributed by atoms with Gasteiger partial charge in [-0.15, -0.1) is 0 Å². The van der Waals surface area contributed by atoms with Gasteiger partial charge in [0.05, 0.1) is 11.7 Å². The van der Waals surface area contributed by atoms with Gasteiger partial charge in [0.25, 0.3) is 0 Å². The molecule has 0 spiro atoms. The molecule has 1 heterocycles. The van der Waals surface area contributed by atoms with Gasteiger partial charge >= 0.3 is 0 Å². The highest BCUT2D eigenvalue weighted by Gasteiger charge is 2.08. The van der Waals surface area contributed by atoms with Crippen molar-refractivity contribution in [3.63, 3.8) is 0 Å². The molecule has 0 fully saturated rings. The van der Waals surface area contributed by atoms with Gasteiger partial charge in [0.1, 0.15) is 0 Å². The van der Waals surface area contributed by atoms with E-state index in [4.69, 9.17) is 0 Å². The zero-order valence-electron chi connectivity index (χ0n) is 8.58. The SMILES string of the molecule is CC(C)c1cc(Br)c2c(cnn2C)c1. The van der Waals surface area contributed by atoms with Crippen LogP contribution in [0.15, 0.2) is 22.8 Å². The maximum absolute atomic E-state index is 4.24.